The van der Waals surface area contributed by atoms with Crippen LogP contribution in [-0.2, 0) is 4.74 Å². The molecule has 0 heterocycles. The Hall–Kier alpha value is -0.240. The number of halogens is 2. The zero-order valence-electron chi connectivity index (χ0n) is 6.97. The van der Waals surface area contributed by atoms with Gasteiger partial charge in [0.1, 0.15) is 0 Å². The van der Waals surface area contributed by atoms with Gasteiger partial charge in [0.15, 0.2) is 0 Å². The van der Waals surface area contributed by atoms with E-state index in [0.29, 0.717) is 10.0 Å². The Bertz CT molecular complexity index is 273. The Morgan fingerprint density at radius 2 is 2.00 bits per heavy atom. The Morgan fingerprint density at radius 1 is 1.33 bits per heavy atom. The van der Waals surface area contributed by atoms with Crippen molar-refractivity contribution in [3.05, 3.63) is 33.8 Å². The first kappa shape index (κ1) is 9.85. The van der Waals surface area contributed by atoms with Gasteiger partial charge in [-0.3, -0.25) is 0 Å². The minimum atomic E-state index is -0.0174. The third-order valence-corrected chi connectivity index (χ3v) is 2.61. The van der Waals surface area contributed by atoms with Crippen LogP contribution >= 0.6 is 23.2 Å². The highest BCUT2D eigenvalue weighted by Crippen LogP contribution is 2.30. The standard InChI is InChI=1S/C9H10Cl2O/c1-6(12-2)7-4-3-5-8(10)9(7)11/h3-6H,1-2H3. The Labute approximate surface area is 82.2 Å². The molecule has 1 rings (SSSR count). The summed E-state index contributed by atoms with van der Waals surface area (Å²) in [6.45, 7) is 1.93. The summed E-state index contributed by atoms with van der Waals surface area (Å²) in [6.07, 6.45) is -0.0174. The van der Waals surface area contributed by atoms with E-state index in [-0.39, 0.29) is 6.10 Å². The van der Waals surface area contributed by atoms with Gasteiger partial charge in [-0.05, 0) is 13.0 Å². The molecule has 1 nitrogen and oxygen atoms in total. The molecule has 0 fully saturated rings. The predicted octanol–water partition coefficient (Wildman–Crippen LogP) is 3.70. The third kappa shape index (κ3) is 1.92. The van der Waals surface area contributed by atoms with Gasteiger partial charge in [0.25, 0.3) is 0 Å². The molecule has 0 aliphatic rings. The molecular formula is C9H10Cl2O. The van der Waals surface area contributed by atoms with Crippen molar-refractivity contribution in [3.8, 4) is 0 Å². The molecule has 0 spiro atoms. The second-order valence-electron chi connectivity index (χ2n) is 2.52. The second-order valence-corrected chi connectivity index (χ2v) is 3.31. The van der Waals surface area contributed by atoms with E-state index >= 15 is 0 Å². The molecule has 1 unspecified atom stereocenters. The fraction of sp³-hybridized carbons (Fsp3) is 0.333. The monoisotopic (exact) mass is 204 g/mol. The van der Waals surface area contributed by atoms with Crippen molar-refractivity contribution >= 4 is 23.2 Å². The Morgan fingerprint density at radius 3 is 2.58 bits per heavy atom. The molecule has 12 heavy (non-hydrogen) atoms. The summed E-state index contributed by atoms with van der Waals surface area (Å²) >= 11 is 11.8. The molecule has 3 heteroatoms. The molecule has 0 N–H and O–H groups in total. The molecule has 1 atom stereocenters. The van der Waals surface area contributed by atoms with E-state index in [1.807, 2.05) is 19.1 Å². The van der Waals surface area contributed by atoms with Crippen LogP contribution < -0.4 is 0 Å². The van der Waals surface area contributed by atoms with Gasteiger partial charge in [-0.1, -0.05) is 35.3 Å². The minimum absolute atomic E-state index is 0.0174. The summed E-state index contributed by atoms with van der Waals surface area (Å²) in [5.41, 5.74) is 0.923. The summed E-state index contributed by atoms with van der Waals surface area (Å²) in [6, 6.07) is 5.53. The molecule has 0 bridgehead atoms. The van der Waals surface area contributed by atoms with E-state index in [2.05, 4.69) is 0 Å². The fourth-order valence-corrected chi connectivity index (χ4v) is 1.42. The molecule has 0 amide bonds. The Kier molecular flexibility index (Phi) is 3.39. The topological polar surface area (TPSA) is 9.23 Å². The molecule has 0 saturated heterocycles. The van der Waals surface area contributed by atoms with Crippen molar-refractivity contribution < 1.29 is 4.74 Å². The molecule has 0 aliphatic heterocycles. The summed E-state index contributed by atoms with van der Waals surface area (Å²) in [5.74, 6) is 0. The smallest absolute Gasteiger partial charge is 0.0807 e. The van der Waals surface area contributed by atoms with Crippen molar-refractivity contribution in [2.24, 2.45) is 0 Å². The van der Waals surface area contributed by atoms with Crippen LogP contribution in [0.1, 0.15) is 18.6 Å². The molecule has 66 valence electrons. The van der Waals surface area contributed by atoms with Crippen molar-refractivity contribution in [3.63, 3.8) is 0 Å². The number of benzene rings is 1. The van der Waals surface area contributed by atoms with E-state index in [1.165, 1.54) is 0 Å². The van der Waals surface area contributed by atoms with Gasteiger partial charge in [-0.2, -0.15) is 0 Å². The SMILES string of the molecule is COC(C)c1cccc(Cl)c1Cl. The average Bonchev–Trinajstić information content (AvgIpc) is 2.08. The predicted molar refractivity (Wildman–Crippen MR) is 51.9 cm³/mol. The highest BCUT2D eigenvalue weighted by molar-refractivity contribution is 6.42. The first-order valence-corrected chi connectivity index (χ1v) is 4.39. The van der Waals surface area contributed by atoms with Gasteiger partial charge in [0.2, 0.25) is 0 Å². The zero-order chi connectivity index (χ0) is 9.14. The maximum atomic E-state index is 5.95. The summed E-state index contributed by atoms with van der Waals surface area (Å²) in [7, 11) is 1.64. The van der Waals surface area contributed by atoms with Crippen molar-refractivity contribution in [1.29, 1.82) is 0 Å². The summed E-state index contributed by atoms with van der Waals surface area (Å²) < 4.78 is 5.13. The first-order chi connectivity index (χ1) is 5.66. The van der Waals surface area contributed by atoms with Gasteiger partial charge in [0.05, 0.1) is 16.1 Å². The van der Waals surface area contributed by atoms with Gasteiger partial charge < -0.3 is 4.74 Å². The molecule has 0 aliphatic carbocycles. The van der Waals surface area contributed by atoms with Gasteiger partial charge in [-0.15, -0.1) is 0 Å². The van der Waals surface area contributed by atoms with Crippen LogP contribution in [0.3, 0.4) is 0 Å². The van der Waals surface area contributed by atoms with E-state index in [4.69, 9.17) is 27.9 Å². The largest absolute Gasteiger partial charge is 0.377 e. The lowest BCUT2D eigenvalue weighted by molar-refractivity contribution is 0.119. The van der Waals surface area contributed by atoms with Crippen LogP contribution in [0.4, 0.5) is 0 Å². The number of methoxy groups -OCH3 is 1. The zero-order valence-corrected chi connectivity index (χ0v) is 8.49. The normalized spacial score (nSPS) is 13.0. The molecule has 1 aromatic rings. The fourth-order valence-electron chi connectivity index (χ4n) is 0.961. The van der Waals surface area contributed by atoms with Gasteiger partial charge >= 0.3 is 0 Å². The first-order valence-electron chi connectivity index (χ1n) is 3.63. The van der Waals surface area contributed by atoms with Gasteiger partial charge in [0, 0.05) is 12.7 Å². The van der Waals surface area contributed by atoms with Gasteiger partial charge in [-0.25, -0.2) is 0 Å². The quantitative estimate of drug-likeness (QED) is 0.715. The lowest BCUT2D eigenvalue weighted by Gasteiger charge is -2.11. The minimum Gasteiger partial charge on any atom is -0.377 e. The highest BCUT2D eigenvalue weighted by atomic mass is 35.5. The molecule has 0 aromatic heterocycles. The van der Waals surface area contributed by atoms with Crippen LogP contribution in [0.5, 0.6) is 0 Å². The van der Waals surface area contributed by atoms with Crippen LogP contribution in [0, 0.1) is 0 Å². The number of hydrogen-bond donors (Lipinski definition) is 0. The van der Waals surface area contributed by atoms with E-state index in [1.54, 1.807) is 13.2 Å². The number of rotatable bonds is 2. The van der Waals surface area contributed by atoms with Crippen LogP contribution in [0.15, 0.2) is 18.2 Å². The highest BCUT2D eigenvalue weighted by Gasteiger charge is 2.09. The average molecular weight is 205 g/mol. The number of ether oxygens (including phenoxy) is 1. The molecule has 0 saturated carbocycles. The van der Waals surface area contributed by atoms with E-state index in [0.717, 1.165) is 5.56 Å². The summed E-state index contributed by atoms with van der Waals surface area (Å²) in [5, 5.41) is 1.14. The lowest BCUT2D eigenvalue weighted by Crippen LogP contribution is -1.96. The molecule has 1 aromatic carbocycles. The molecule has 0 radical (unpaired) electrons. The number of hydrogen-bond acceptors (Lipinski definition) is 1. The lowest BCUT2D eigenvalue weighted by atomic mass is 10.1. The second kappa shape index (κ2) is 4.13. The van der Waals surface area contributed by atoms with Crippen LogP contribution in [0.25, 0.3) is 0 Å². The maximum absolute atomic E-state index is 5.95. The van der Waals surface area contributed by atoms with E-state index in [9.17, 15) is 0 Å². The van der Waals surface area contributed by atoms with Crippen molar-refractivity contribution in [2.45, 2.75) is 13.0 Å². The van der Waals surface area contributed by atoms with Crippen LogP contribution in [0.2, 0.25) is 10.0 Å². The third-order valence-electron chi connectivity index (χ3n) is 1.77. The van der Waals surface area contributed by atoms with Crippen molar-refractivity contribution in [1.82, 2.24) is 0 Å². The maximum Gasteiger partial charge on any atom is 0.0807 e. The summed E-state index contributed by atoms with van der Waals surface area (Å²) in [4.78, 5) is 0. The van der Waals surface area contributed by atoms with E-state index < -0.39 is 0 Å². The Balaban J connectivity index is 3.07. The molecular weight excluding hydrogens is 195 g/mol. The van der Waals surface area contributed by atoms with Crippen molar-refractivity contribution in [2.75, 3.05) is 7.11 Å². The van der Waals surface area contributed by atoms with Crippen LogP contribution in [-0.4, -0.2) is 7.11 Å².